The van der Waals surface area contributed by atoms with Crippen molar-refractivity contribution in [2.24, 2.45) is 17.6 Å². The Labute approximate surface area is 247 Å². The maximum Gasteiger partial charge on any atom is 0.405 e. The number of aliphatic hydroxyl groups excluding tert-OH is 1. The molecule has 42 heavy (non-hydrogen) atoms. The molecule has 1 heterocycles. The molecule has 0 fully saturated rings. The summed E-state index contributed by atoms with van der Waals surface area (Å²) < 4.78 is 16.6. The maximum absolute atomic E-state index is 13.0. The van der Waals surface area contributed by atoms with Crippen molar-refractivity contribution in [2.45, 2.75) is 65.0 Å². The number of aliphatic hydroxyl groups is 1. The van der Waals surface area contributed by atoms with E-state index in [-0.39, 0.29) is 23.1 Å². The number of benzene rings is 1. The standard InChI is InChI=1S/C31H45N3O8/c1-8-12-33-26-21-13-17(2)14-25(41-7)27(36)19(4)15-20(5)29(42-31(32)39)24(40-6)11-9-10-18(3)30(38)34-22(28(21)37)16-23(26)35/h8-11,15-17,19,24-25,27,29,33,35-37H,1,12-14H2,2-7H3,(H2,32,39)(H,34,38)/b11-9+,18-10-,20-15+/t17-,19+,24?,25+,27-,29+/m1/s1. The molecule has 0 saturated heterocycles. The second kappa shape index (κ2) is 16.0. The van der Waals surface area contributed by atoms with E-state index in [4.69, 9.17) is 19.9 Å². The van der Waals surface area contributed by atoms with Crippen LogP contribution in [0.25, 0.3) is 0 Å². The van der Waals surface area contributed by atoms with Gasteiger partial charge < -0.3 is 45.9 Å². The summed E-state index contributed by atoms with van der Waals surface area (Å²) in [5, 5.41) is 39.1. The van der Waals surface area contributed by atoms with E-state index in [1.807, 2.05) is 13.8 Å². The van der Waals surface area contributed by atoms with Crippen LogP contribution in [0.2, 0.25) is 0 Å². The number of nitrogens with one attached hydrogen (secondary N) is 2. The first-order valence-corrected chi connectivity index (χ1v) is 13.8. The van der Waals surface area contributed by atoms with Gasteiger partial charge >= 0.3 is 6.09 Å². The van der Waals surface area contributed by atoms with Gasteiger partial charge in [0, 0.05) is 43.9 Å². The monoisotopic (exact) mass is 587 g/mol. The van der Waals surface area contributed by atoms with Gasteiger partial charge in [-0.2, -0.15) is 0 Å². The van der Waals surface area contributed by atoms with Crippen LogP contribution in [0.3, 0.4) is 0 Å². The third-order valence-corrected chi connectivity index (χ3v) is 7.25. The number of amides is 2. The number of hydrogen-bond donors (Lipinski definition) is 6. The molecule has 232 valence electrons. The van der Waals surface area contributed by atoms with Crippen LogP contribution in [-0.2, 0) is 25.4 Å². The number of phenolic OH excluding ortho intramolecular Hbond substituents is 2. The quantitative estimate of drug-likeness (QED) is 0.162. The lowest BCUT2D eigenvalue weighted by atomic mass is 9.87. The van der Waals surface area contributed by atoms with Gasteiger partial charge in [-0.15, -0.1) is 6.58 Å². The first-order chi connectivity index (χ1) is 19.8. The van der Waals surface area contributed by atoms with Gasteiger partial charge in [0.2, 0.25) is 0 Å². The average molecular weight is 588 g/mol. The normalized spacial score (nSPS) is 29.3. The van der Waals surface area contributed by atoms with E-state index in [1.165, 1.54) is 26.4 Å². The number of aromatic hydroxyl groups is 2. The minimum atomic E-state index is -0.990. The Morgan fingerprint density at radius 1 is 1.24 bits per heavy atom. The molecule has 1 aromatic carbocycles. The first kappa shape index (κ1) is 34.4. The Morgan fingerprint density at radius 3 is 2.52 bits per heavy atom. The number of carbonyl (C=O) groups is 2. The highest BCUT2D eigenvalue weighted by Gasteiger charge is 2.30. The molecule has 1 aromatic rings. The van der Waals surface area contributed by atoms with Crippen LogP contribution in [0.1, 0.15) is 39.7 Å². The molecule has 2 bridgehead atoms. The number of nitrogens with two attached hydrogens (primary N) is 1. The average Bonchev–Trinajstić information content (AvgIpc) is 2.94. The molecule has 6 atom stereocenters. The fourth-order valence-corrected chi connectivity index (χ4v) is 4.98. The summed E-state index contributed by atoms with van der Waals surface area (Å²) >= 11 is 0. The van der Waals surface area contributed by atoms with Crippen molar-refractivity contribution in [3.05, 3.63) is 59.7 Å². The molecular formula is C31H45N3O8. The van der Waals surface area contributed by atoms with E-state index in [9.17, 15) is 24.9 Å². The molecule has 2 rings (SSSR count). The van der Waals surface area contributed by atoms with Crippen LogP contribution in [0.5, 0.6) is 11.5 Å². The number of hydrogen-bond acceptors (Lipinski definition) is 9. The van der Waals surface area contributed by atoms with Crippen molar-refractivity contribution in [3.63, 3.8) is 0 Å². The molecule has 0 aliphatic carbocycles. The lowest BCUT2D eigenvalue weighted by Gasteiger charge is -2.29. The zero-order valence-corrected chi connectivity index (χ0v) is 25.2. The summed E-state index contributed by atoms with van der Waals surface area (Å²) in [5.74, 6) is -1.41. The Morgan fingerprint density at radius 2 is 1.93 bits per heavy atom. The Bertz CT molecular complexity index is 1210. The van der Waals surface area contributed by atoms with E-state index in [1.54, 1.807) is 38.2 Å². The number of methoxy groups -OCH3 is 2. The fourth-order valence-electron chi connectivity index (χ4n) is 4.98. The highest BCUT2D eigenvalue weighted by atomic mass is 16.6. The second-order valence-corrected chi connectivity index (χ2v) is 10.6. The van der Waals surface area contributed by atoms with Crippen molar-refractivity contribution in [3.8, 4) is 11.5 Å². The maximum atomic E-state index is 13.0. The minimum absolute atomic E-state index is 0.0416. The van der Waals surface area contributed by atoms with E-state index in [2.05, 4.69) is 17.2 Å². The van der Waals surface area contributed by atoms with Gasteiger partial charge in [-0.1, -0.05) is 44.2 Å². The van der Waals surface area contributed by atoms with Crippen molar-refractivity contribution >= 4 is 23.4 Å². The minimum Gasteiger partial charge on any atom is -0.506 e. The van der Waals surface area contributed by atoms with Gasteiger partial charge in [-0.25, -0.2) is 4.79 Å². The molecule has 11 nitrogen and oxygen atoms in total. The number of fused-ring (bicyclic) bond motifs is 2. The molecule has 7 N–H and O–H groups in total. The van der Waals surface area contributed by atoms with Crippen LogP contribution in [0.15, 0.2) is 54.2 Å². The van der Waals surface area contributed by atoms with Gasteiger partial charge in [0.25, 0.3) is 5.91 Å². The largest absolute Gasteiger partial charge is 0.506 e. The third-order valence-electron chi connectivity index (χ3n) is 7.25. The number of phenols is 2. The summed E-state index contributed by atoms with van der Waals surface area (Å²) in [6.45, 7) is 11.1. The summed E-state index contributed by atoms with van der Waals surface area (Å²) in [6, 6.07) is 1.28. The summed E-state index contributed by atoms with van der Waals surface area (Å²) in [7, 11) is 2.95. The number of allylic oxidation sites excluding steroid dienone is 2. The lowest BCUT2D eigenvalue weighted by Crippen LogP contribution is -2.37. The lowest BCUT2D eigenvalue weighted by molar-refractivity contribution is -0.112. The van der Waals surface area contributed by atoms with E-state index < -0.39 is 42.3 Å². The number of rotatable bonds is 6. The van der Waals surface area contributed by atoms with Crippen LogP contribution in [0, 0.1) is 11.8 Å². The highest BCUT2D eigenvalue weighted by Crippen LogP contribution is 2.42. The fraction of sp³-hybridized carbons (Fsp3) is 0.484. The first-order valence-electron chi connectivity index (χ1n) is 13.8. The molecule has 0 aromatic heterocycles. The number of carbonyl (C=O) groups excluding carboxylic acids is 2. The van der Waals surface area contributed by atoms with Crippen LogP contribution >= 0.6 is 0 Å². The molecular weight excluding hydrogens is 542 g/mol. The molecule has 2 amide bonds. The number of ether oxygens (including phenoxy) is 3. The van der Waals surface area contributed by atoms with Crippen molar-refractivity contribution in [1.29, 1.82) is 0 Å². The SMILES string of the molecule is C=CCNc1c(O)cc2c(O)c1C[C@@H](C)C[C@H](OC)[C@H](O)[C@@H](C)/C=C(\C)[C@H](OC(N)=O)C(OC)/C=C/C=C(/C)C(=O)N2. The summed E-state index contributed by atoms with van der Waals surface area (Å²) in [5.41, 5.74) is 7.01. The molecule has 1 aliphatic rings. The zero-order valence-electron chi connectivity index (χ0n) is 25.2. The van der Waals surface area contributed by atoms with E-state index in [0.717, 1.165) is 0 Å². The third kappa shape index (κ3) is 9.10. The Hall–Kier alpha value is -3.80. The van der Waals surface area contributed by atoms with Crippen molar-refractivity contribution in [1.82, 2.24) is 0 Å². The zero-order chi connectivity index (χ0) is 31.6. The van der Waals surface area contributed by atoms with Gasteiger partial charge in [-0.05, 0) is 38.2 Å². The van der Waals surface area contributed by atoms with Crippen molar-refractivity contribution in [2.75, 3.05) is 31.4 Å². The summed E-state index contributed by atoms with van der Waals surface area (Å²) in [6.07, 6.45) is 4.64. The predicted molar refractivity (Wildman–Crippen MR) is 162 cm³/mol. The van der Waals surface area contributed by atoms with Gasteiger partial charge in [0.05, 0.1) is 23.6 Å². The Kier molecular flexibility index (Phi) is 13.1. The van der Waals surface area contributed by atoms with Crippen molar-refractivity contribution < 1.29 is 39.1 Å². The molecule has 0 spiro atoms. The molecule has 0 radical (unpaired) electrons. The molecule has 1 aliphatic heterocycles. The van der Waals surface area contributed by atoms with Gasteiger partial charge in [0.15, 0.2) is 6.10 Å². The Balaban J connectivity index is 2.67. The number of primary amides is 1. The highest BCUT2D eigenvalue weighted by molar-refractivity contribution is 6.04. The molecule has 1 unspecified atom stereocenters. The topological polar surface area (TPSA) is 173 Å². The van der Waals surface area contributed by atoms with Gasteiger partial charge in [0.1, 0.15) is 17.6 Å². The van der Waals surface area contributed by atoms with Crippen LogP contribution in [-0.4, -0.2) is 72.5 Å². The number of anilines is 2. The van der Waals surface area contributed by atoms with Gasteiger partial charge in [-0.3, -0.25) is 4.79 Å². The van der Waals surface area contributed by atoms with Crippen LogP contribution in [0.4, 0.5) is 16.2 Å². The second-order valence-electron chi connectivity index (χ2n) is 10.6. The van der Waals surface area contributed by atoms with Crippen LogP contribution < -0.4 is 16.4 Å². The van der Waals surface area contributed by atoms with E-state index in [0.29, 0.717) is 41.8 Å². The smallest absolute Gasteiger partial charge is 0.405 e. The predicted octanol–water partition coefficient (Wildman–Crippen LogP) is 4.16. The summed E-state index contributed by atoms with van der Waals surface area (Å²) in [4.78, 5) is 24.7. The van der Waals surface area contributed by atoms with E-state index >= 15 is 0 Å². The molecule has 11 heteroatoms. The molecule has 0 saturated carbocycles.